The van der Waals surface area contributed by atoms with Gasteiger partial charge in [-0.2, -0.15) is 0 Å². The first kappa shape index (κ1) is 22.0. The summed E-state index contributed by atoms with van der Waals surface area (Å²) in [6.07, 6.45) is 1.48. The smallest absolute Gasteiger partial charge is 0.336 e. The highest BCUT2D eigenvalue weighted by Crippen LogP contribution is 2.22. The van der Waals surface area contributed by atoms with E-state index in [9.17, 15) is 18.0 Å². The fourth-order valence-electron chi connectivity index (χ4n) is 3.08. The molecule has 33 heavy (non-hydrogen) atoms. The molecule has 0 radical (unpaired) electrons. The second-order valence-corrected chi connectivity index (χ2v) is 8.77. The maximum atomic E-state index is 12.4. The van der Waals surface area contributed by atoms with Gasteiger partial charge >= 0.3 is 5.63 Å². The fraction of sp³-hybridized carbons (Fsp3) is 0.0870. The number of ether oxygens (including phenoxy) is 1. The number of nitrogens with one attached hydrogen (secondary N) is 2. The van der Waals surface area contributed by atoms with Crippen LogP contribution in [0, 0.1) is 6.92 Å². The number of aromatic nitrogens is 1. The summed E-state index contributed by atoms with van der Waals surface area (Å²) in [6.45, 7) is 1.52. The van der Waals surface area contributed by atoms with Gasteiger partial charge in [0.15, 0.2) is 6.61 Å². The van der Waals surface area contributed by atoms with Gasteiger partial charge in [-0.1, -0.05) is 6.07 Å². The Hall–Kier alpha value is -4.18. The van der Waals surface area contributed by atoms with Crippen molar-refractivity contribution in [2.75, 3.05) is 16.6 Å². The Morgan fingerprint density at radius 2 is 1.85 bits per heavy atom. The Balaban J connectivity index is 1.37. The van der Waals surface area contributed by atoms with E-state index in [-0.39, 0.29) is 17.3 Å². The summed E-state index contributed by atoms with van der Waals surface area (Å²) in [5.74, 6) is 0.131. The summed E-state index contributed by atoms with van der Waals surface area (Å²) in [6, 6.07) is 16.9. The summed E-state index contributed by atoms with van der Waals surface area (Å²) < 4.78 is 37.9. The molecule has 2 aromatic heterocycles. The summed E-state index contributed by atoms with van der Waals surface area (Å²) in [5, 5.41) is 3.41. The van der Waals surface area contributed by atoms with Gasteiger partial charge in [0.05, 0.1) is 4.90 Å². The molecule has 2 heterocycles. The Morgan fingerprint density at radius 1 is 1.06 bits per heavy atom. The van der Waals surface area contributed by atoms with Crippen molar-refractivity contribution in [1.29, 1.82) is 0 Å². The number of fused-ring (bicyclic) bond motifs is 1. The standard InChI is InChI=1S/C23H19N3O6S/c1-15-12-23(28)32-20-13-17(7-10-19(15)20)31-14-22(27)25-16-5-8-18(9-6-16)33(29,30)26-21-4-2-3-11-24-21/h2-13H,14H2,1H3,(H,24,26)(H,25,27). The number of rotatable bonds is 7. The van der Waals surface area contributed by atoms with Gasteiger partial charge in [-0.25, -0.2) is 18.2 Å². The second kappa shape index (κ2) is 9.13. The van der Waals surface area contributed by atoms with Crippen LogP contribution in [0.15, 0.2) is 87.0 Å². The average molecular weight is 465 g/mol. The summed E-state index contributed by atoms with van der Waals surface area (Å²) in [4.78, 5) is 27.7. The molecule has 1 amide bonds. The normalized spacial score (nSPS) is 11.2. The van der Waals surface area contributed by atoms with Crippen molar-refractivity contribution in [2.24, 2.45) is 0 Å². The molecule has 0 spiro atoms. The number of aryl methyl sites for hydroxylation is 1. The maximum absolute atomic E-state index is 12.4. The lowest BCUT2D eigenvalue weighted by atomic mass is 10.1. The van der Waals surface area contributed by atoms with Crippen molar-refractivity contribution in [2.45, 2.75) is 11.8 Å². The molecule has 0 saturated heterocycles. The van der Waals surface area contributed by atoms with Crippen LogP contribution in [0.2, 0.25) is 0 Å². The monoisotopic (exact) mass is 465 g/mol. The third-order valence-corrected chi connectivity index (χ3v) is 6.02. The quantitative estimate of drug-likeness (QED) is 0.401. The van der Waals surface area contributed by atoms with Crippen LogP contribution >= 0.6 is 0 Å². The zero-order chi connectivity index (χ0) is 23.4. The molecule has 168 valence electrons. The van der Waals surface area contributed by atoms with E-state index in [1.54, 1.807) is 37.3 Å². The molecule has 2 N–H and O–H groups in total. The van der Waals surface area contributed by atoms with Gasteiger partial charge < -0.3 is 14.5 Å². The first-order chi connectivity index (χ1) is 15.8. The van der Waals surface area contributed by atoms with Crippen molar-refractivity contribution >= 4 is 38.4 Å². The SMILES string of the molecule is Cc1cc(=O)oc2cc(OCC(=O)Nc3ccc(S(=O)(=O)Nc4ccccn4)cc3)ccc12. The predicted octanol–water partition coefficient (Wildman–Crippen LogP) is 3.31. The van der Waals surface area contributed by atoms with Crippen LogP contribution in [-0.2, 0) is 14.8 Å². The van der Waals surface area contributed by atoms with Gasteiger partial charge in [-0.15, -0.1) is 0 Å². The van der Waals surface area contributed by atoms with Crippen LogP contribution < -0.4 is 20.4 Å². The molecule has 0 atom stereocenters. The van der Waals surface area contributed by atoms with Crippen LogP contribution in [0.1, 0.15) is 5.56 Å². The molecule has 4 aromatic rings. The zero-order valence-electron chi connectivity index (χ0n) is 17.4. The Labute approximate surface area is 189 Å². The van der Waals surface area contributed by atoms with Crippen molar-refractivity contribution in [3.8, 4) is 5.75 Å². The Kier molecular flexibility index (Phi) is 6.09. The van der Waals surface area contributed by atoms with Crippen molar-refractivity contribution in [3.05, 3.63) is 88.9 Å². The first-order valence-corrected chi connectivity index (χ1v) is 11.3. The molecule has 0 aliphatic heterocycles. The minimum absolute atomic E-state index is 0.0235. The minimum Gasteiger partial charge on any atom is -0.484 e. The molecule has 0 bridgehead atoms. The zero-order valence-corrected chi connectivity index (χ0v) is 18.3. The van der Waals surface area contributed by atoms with Crippen LogP contribution in [0.3, 0.4) is 0 Å². The van der Waals surface area contributed by atoms with Gasteiger partial charge in [-0.3, -0.25) is 9.52 Å². The van der Waals surface area contributed by atoms with Crippen LogP contribution in [0.4, 0.5) is 11.5 Å². The molecule has 0 unspecified atom stereocenters. The number of nitrogens with zero attached hydrogens (tertiary/aromatic N) is 1. The largest absolute Gasteiger partial charge is 0.484 e. The lowest BCUT2D eigenvalue weighted by molar-refractivity contribution is -0.118. The second-order valence-electron chi connectivity index (χ2n) is 7.09. The molecule has 4 rings (SSSR count). The molecule has 0 aliphatic carbocycles. The van der Waals surface area contributed by atoms with Gasteiger partial charge in [0.25, 0.3) is 15.9 Å². The highest BCUT2D eigenvalue weighted by molar-refractivity contribution is 7.92. The predicted molar refractivity (Wildman–Crippen MR) is 123 cm³/mol. The minimum atomic E-state index is -3.81. The van der Waals surface area contributed by atoms with E-state index in [1.807, 2.05) is 0 Å². The van der Waals surface area contributed by atoms with E-state index in [0.29, 0.717) is 17.0 Å². The highest BCUT2D eigenvalue weighted by Gasteiger charge is 2.15. The van der Waals surface area contributed by atoms with Crippen LogP contribution in [0.5, 0.6) is 5.75 Å². The number of hydrogen-bond acceptors (Lipinski definition) is 7. The van der Waals surface area contributed by atoms with E-state index in [0.717, 1.165) is 10.9 Å². The average Bonchev–Trinajstić information content (AvgIpc) is 2.78. The number of anilines is 2. The first-order valence-electron chi connectivity index (χ1n) is 9.81. The lowest BCUT2D eigenvalue weighted by Crippen LogP contribution is -2.20. The molecule has 10 heteroatoms. The van der Waals surface area contributed by atoms with Crippen LogP contribution in [-0.4, -0.2) is 25.9 Å². The van der Waals surface area contributed by atoms with E-state index in [4.69, 9.17) is 9.15 Å². The summed E-state index contributed by atoms with van der Waals surface area (Å²) >= 11 is 0. The number of hydrogen-bond donors (Lipinski definition) is 2. The van der Waals surface area contributed by atoms with E-state index < -0.39 is 21.6 Å². The van der Waals surface area contributed by atoms with Gasteiger partial charge in [0, 0.05) is 29.4 Å². The topological polar surface area (TPSA) is 128 Å². The molecule has 0 fully saturated rings. The van der Waals surface area contributed by atoms with Crippen molar-refractivity contribution in [3.63, 3.8) is 0 Å². The number of carbonyl (C=O) groups excluding carboxylic acids is 1. The lowest BCUT2D eigenvalue weighted by Gasteiger charge is -2.10. The summed E-state index contributed by atoms with van der Waals surface area (Å²) in [5.41, 5.74) is 1.09. The van der Waals surface area contributed by atoms with Crippen LogP contribution in [0.25, 0.3) is 11.0 Å². The van der Waals surface area contributed by atoms with Gasteiger partial charge in [0.2, 0.25) is 0 Å². The number of carbonyl (C=O) groups is 1. The van der Waals surface area contributed by atoms with Gasteiger partial charge in [-0.05, 0) is 61.0 Å². The molecule has 0 aliphatic rings. The maximum Gasteiger partial charge on any atom is 0.336 e. The van der Waals surface area contributed by atoms with Crippen molar-refractivity contribution < 1.29 is 22.4 Å². The Bertz CT molecular complexity index is 1470. The number of benzene rings is 2. The fourth-order valence-corrected chi connectivity index (χ4v) is 4.09. The summed E-state index contributed by atoms with van der Waals surface area (Å²) in [7, 11) is -3.81. The highest BCUT2D eigenvalue weighted by atomic mass is 32.2. The van der Waals surface area contributed by atoms with E-state index in [1.165, 1.54) is 42.6 Å². The van der Waals surface area contributed by atoms with E-state index >= 15 is 0 Å². The molecular weight excluding hydrogens is 446 g/mol. The third-order valence-electron chi connectivity index (χ3n) is 4.64. The Morgan fingerprint density at radius 3 is 2.58 bits per heavy atom. The number of pyridine rings is 1. The number of sulfonamides is 1. The van der Waals surface area contributed by atoms with Crippen molar-refractivity contribution in [1.82, 2.24) is 4.98 Å². The molecule has 9 nitrogen and oxygen atoms in total. The molecule has 0 saturated carbocycles. The van der Waals surface area contributed by atoms with Gasteiger partial charge in [0.1, 0.15) is 17.2 Å². The van der Waals surface area contributed by atoms with E-state index in [2.05, 4.69) is 15.0 Å². The molecule has 2 aromatic carbocycles. The molecular formula is C23H19N3O6S. The third kappa shape index (κ3) is 5.36. The number of amides is 1.